The van der Waals surface area contributed by atoms with Gasteiger partial charge >= 0.3 is 0 Å². The maximum Gasteiger partial charge on any atom is 0.0729 e. The second-order valence-corrected chi connectivity index (χ2v) is 4.78. The van der Waals surface area contributed by atoms with Crippen LogP contribution in [0.3, 0.4) is 0 Å². The lowest BCUT2D eigenvalue weighted by atomic mass is 10.1. The zero-order valence-electron chi connectivity index (χ0n) is 9.86. The summed E-state index contributed by atoms with van der Waals surface area (Å²) in [4.78, 5) is 0. The van der Waals surface area contributed by atoms with E-state index < -0.39 is 0 Å². The van der Waals surface area contributed by atoms with E-state index in [1.54, 1.807) is 6.20 Å². The number of H-pyrrole nitrogens is 1. The van der Waals surface area contributed by atoms with Gasteiger partial charge in [-0.3, -0.25) is 9.78 Å². The summed E-state index contributed by atoms with van der Waals surface area (Å²) < 4.78 is 1.95. The van der Waals surface area contributed by atoms with Gasteiger partial charge in [0.1, 0.15) is 0 Å². The second-order valence-electron chi connectivity index (χ2n) is 4.78. The highest BCUT2D eigenvalue weighted by molar-refractivity contribution is 5.38. The van der Waals surface area contributed by atoms with Crippen LogP contribution in [0.25, 0.3) is 0 Å². The molecule has 0 fully saturated rings. The molecule has 0 unspecified atom stereocenters. The number of rotatable bonds is 3. The molecule has 86 valence electrons. The van der Waals surface area contributed by atoms with E-state index in [2.05, 4.69) is 41.4 Å². The summed E-state index contributed by atoms with van der Waals surface area (Å²) in [6, 6.07) is 1.95. The molecule has 0 aliphatic heterocycles. The maximum atomic E-state index is 4.32. The molecule has 2 aromatic rings. The van der Waals surface area contributed by atoms with Crippen LogP contribution in [0.15, 0.2) is 24.7 Å². The van der Waals surface area contributed by atoms with Crippen molar-refractivity contribution in [1.29, 1.82) is 0 Å². The Balaban J connectivity index is 1.98. The highest BCUT2D eigenvalue weighted by Gasteiger charge is 2.13. The lowest BCUT2D eigenvalue weighted by Gasteiger charge is -2.18. The van der Waals surface area contributed by atoms with E-state index in [-0.39, 0.29) is 5.54 Å². The lowest BCUT2D eigenvalue weighted by Crippen LogP contribution is -2.21. The molecule has 2 rings (SSSR count). The summed E-state index contributed by atoms with van der Waals surface area (Å²) in [6.07, 6.45) is 5.59. The van der Waals surface area contributed by atoms with Gasteiger partial charge in [0.15, 0.2) is 0 Å². The third-order valence-corrected chi connectivity index (χ3v) is 2.31. The lowest BCUT2D eigenvalue weighted by molar-refractivity contribution is 0.355. The van der Waals surface area contributed by atoms with Gasteiger partial charge < -0.3 is 5.32 Å². The van der Waals surface area contributed by atoms with Crippen molar-refractivity contribution in [3.8, 4) is 0 Å². The maximum absolute atomic E-state index is 4.32. The predicted octanol–water partition coefficient (Wildman–Crippen LogP) is 1.97. The third-order valence-electron chi connectivity index (χ3n) is 2.31. The van der Waals surface area contributed by atoms with Crippen molar-refractivity contribution in [1.82, 2.24) is 20.0 Å². The number of aromatic amines is 1. The number of anilines is 1. The Morgan fingerprint density at radius 1 is 1.44 bits per heavy atom. The van der Waals surface area contributed by atoms with Gasteiger partial charge in [0, 0.05) is 12.4 Å². The van der Waals surface area contributed by atoms with Crippen LogP contribution in [0.1, 0.15) is 26.5 Å². The van der Waals surface area contributed by atoms with E-state index >= 15 is 0 Å². The number of hydrogen-bond acceptors (Lipinski definition) is 3. The van der Waals surface area contributed by atoms with E-state index in [4.69, 9.17) is 0 Å². The monoisotopic (exact) mass is 219 g/mol. The zero-order valence-corrected chi connectivity index (χ0v) is 9.86. The van der Waals surface area contributed by atoms with Gasteiger partial charge in [-0.1, -0.05) is 0 Å². The molecule has 0 aliphatic carbocycles. The summed E-state index contributed by atoms with van der Waals surface area (Å²) in [7, 11) is 0. The van der Waals surface area contributed by atoms with E-state index in [0.29, 0.717) is 0 Å². The normalized spacial score (nSPS) is 11.7. The Morgan fingerprint density at radius 2 is 2.25 bits per heavy atom. The molecule has 2 aromatic heterocycles. The molecule has 0 aliphatic rings. The summed E-state index contributed by atoms with van der Waals surface area (Å²) >= 11 is 0. The molecule has 5 nitrogen and oxygen atoms in total. The first-order valence-corrected chi connectivity index (χ1v) is 5.33. The topological polar surface area (TPSA) is 58.5 Å². The molecule has 2 heterocycles. The van der Waals surface area contributed by atoms with Gasteiger partial charge in [-0.25, -0.2) is 0 Å². The Hall–Kier alpha value is -1.78. The van der Waals surface area contributed by atoms with Crippen molar-refractivity contribution in [2.75, 3.05) is 5.32 Å². The van der Waals surface area contributed by atoms with Crippen LogP contribution in [0.2, 0.25) is 0 Å². The molecular formula is C11H17N5. The van der Waals surface area contributed by atoms with Crippen molar-refractivity contribution < 1.29 is 0 Å². The SMILES string of the molecule is CC(C)(C)n1cc(NCc2ccn[nH]2)cn1. The molecule has 0 amide bonds. The molecule has 0 bridgehead atoms. The van der Waals surface area contributed by atoms with Crippen molar-refractivity contribution in [2.45, 2.75) is 32.9 Å². The van der Waals surface area contributed by atoms with Crippen molar-refractivity contribution in [2.24, 2.45) is 0 Å². The quantitative estimate of drug-likeness (QED) is 0.829. The van der Waals surface area contributed by atoms with Crippen molar-refractivity contribution >= 4 is 5.69 Å². The second kappa shape index (κ2) is 4.00. The van der Waals surface area contributed by atoms with E-state index in [1.807, 2.05) is 23.1 Å². The molecule has 0 spiro atoms. The van der Waals surface area contributed by atoms with Crippen molar-refractivity contribution in [3.63, 3.8) is 0 Å². The Morgan fingerprint density at radius 3 is 2.81 bits per heavy atom. The van der Waals surface area contributed by atoms with Crippen LogP contribution in [0.5, 0.6) is 0 Å². The molecule has 0 radical (unpaired) electrons. The van der Waals surface area contributed by atoms with Gasteiger partial charge in [-0.2, -0.15) is 10.2 Å². The molecule has 16 heavy (non-hydrogen) atoms. The number of hydrogen-bond donors (Lipinski definition) is 2. The van der Waals surface area contributed by atoms with Crippen LogP contribution in [0.4, 0.5) is 5.69 Å². The molecule has 0 saturated heterocycles. The highest BCUT2D eigenvalue weighted by Crippen LogP contribution is 2.15. The fraction of sp³-hybridized carbons (Fsp3) is 0.455. The minimum Gasteiger partial charge on any atom is -0.377 e. The fourth-order valence-corrected chi connectivity index (χ4v) is 1.36. The third kappa shape index (κ3) is 2.42. The molecular weight excluding hydrogens is 202 g/mol. The van der Waals surface area contributed by atoms with E-state index in [0.717, 1.165) is 17.9 Å². The predicted molar refractivity (Wildman–Crippen MR) is 63.1 cm³/mol. The summed E-state index contributed by atoms with van der Waals surface area (Å²) in [6.45, 7) is 7.10. The summed E-state index contributed by atoms with van der Waals surface area (Å²) in [5.74, 6) is 0. The average Bonchev–Trinajstić information content (AvgIpc) is 2.85. The molecule has 2 N–H and O–H groups in total. The number of nitrogens with one attached hydrogen (secondary N) is 2. The van der Waals surface area contributed by atoms with E-state index in [9.17, 15) is 0 Å². The van der Waals surface area contributed by atoms with Crippen molar-refractivity contribution in [3.05, 3.63) is 30.4 Å². The smallest absolute Gasteiger partial charge is 0.0729 e. The molecule has 0 atom stereocenters. The Bertz CT molecular complexity index is 435. The molecule has 5 heteroatoms. The number of nitrogens with zero attached hydrogens (tertiary/aromatic N) is 3. The van der Waals surface area contributed by atoms with Gasteiger partial charge in [0.2, 0.25) is 0 Å². The van der Waals surface area contributed by atoms with Crippen LogP contribution < -0.4 is 5.32 Å². The van der Waals surface area contributed by atoms with Crippen LogP contribution in [-0.4, -0.2) is 20.0 Å². The highest BCUT2D eigenvalue weighted by atomic mass is 15.3. The van der Waals surface area contributed by atoms with Gasteiger partial charge in [0.05, 0.1) is 29.7 Å². The van der Waals surface area contributed by atoms with Crippen LogP contribution in [0, 0.1) is 0 Å². The van der Waals surface area contributed by atoms with Gasteiger partial charge in [-0.05, 0) is 26.8 Å². The largest absolute Gasteiger partial charge is 0.377 e. The van der Waals surface area contributed by atoms with E-state index in [1.165, 1.54) is 0 Å². The van der Waals surface area contributed by atoms with Gasteiger partial charge in [0.25, 0.3) is 0 Å². The van der Waals surface area contributed by atoms with Gasteiger partial charge in [-0.15, -0.1) is 0 Å². The summed E-state index contributed by atoms with van der Waals surface area (Å²) in [5.41, 5.74) is 2.10. The Kier molecular flexibility index (Phi) is 2.68. The fourth-order valence-electron chi connectivity index (χ4n) is 1.36. The minimum absolute atomic E-state index is 0.0217. The van der Waals surface area contributed by atoms with Crippen LogP contribution >= 0.6 is 0 Å². The first-order valence-electron chi connectivity index (χ1n) is 5.33. The first kappa shape index (κ1) is 10.7. The first-order chi connectivity index (χ1) is 7.55. The standard InChI is InChI=1S/C11H17N5/c1-11(2,3)16-8-10(7-14-16)12-6-9-4-5-13-15-9/h4-5,7-8,12H,6H2,1-3H3,(H,13,15). The molecule has 0 saturated carbocycles. The number of aromatic nitrogens is 4. The zero-order chi connectivity index (χ0) is 11.6. The summed E-state index contributed by atoms with van der Waals surface area (Å²) in [5, 5.41) is 14.4. The minimum atomic E-state index is 0.0217. The Labute approximate surface area is 94.9 Å². The average molecular weight is 219 g/mol. The van der Waals surface area contributed by atoms with Crippen LogP contribution in [-0.2, 0) is 12.1 Å². The molecule has 0 aromatic carbocycles.